The van der Waals surface area contributed by atoms with Gasteiger partial charge in [0.1, 0.15) is 0 Å². The quantitative estimate of drug-likeness (QED) is 0.891. The van der Waals surface area contributed by atoms with Crippen LogP contribution in [0, 0.1) is 5.41 Å². The highest BCUT2D eigenvalue weighted by atomic mass is 16.5. The zero-order valence-corrected chi connectivity index (χ0v) is 11.0. The van der Waals surface area contributed by atoms with Gasteiger partial charge in [-0.1, -0.05) is 38.3 Å². The predicted molar refractivity (Wildman–Crippen MR) is 65.2 cm³/mol. The second-order valence-electron chi connectivity index (χ2n) is 5.52. The number of aromatic nitrogens is 2. The van der Waals surface area contributed by atoms with Crippen molar-refractivity contribution in [2.24, 2.45) is 5.41 Å². The van der Waals surface area contributed by atoms with E-state index in [0.29, 0.717) is 31.0 Å². The first kappa shape index (κ1) is 13.1. The Morgan fingerprint density at radius 1 is 1.39 bits per heavy atom. The third-order valence-electron chi connectivity index (χ3n) is 3.75. The molecule has 5 nitrogen and oxygen atoms in total. The molecule has 2 rings (SSSR count). The van der Waals surface area contributed by atoms with Gasteiger partial charge >= 0.3 is 5.97 Å². The summed E-state index contributed by atoms with van der Waals surface area (Å²) in [6.45, 7) is 3.98. The van der Waals surface area contributed by atoms with Crippen molar-refractivity contribution in [3.05, 3.63) is 11.7 Å². The minimum absolute atomic E-state index is 0.203. The Morgan fingerprint density at radius 3 is 2.56 bits per heavy atom. The molecule has 1 aliphatic rings. The molecule has 5 heteroatoms. The van der Waals surface area contributed by atoms with Gasteiger partial charge in [0.15, 0.2) is 5.82 Å². The van der Waals surface area contributed by atoms with E-state index in [-0.39, 0.29) is 5.92 Å². The maximum Gasteiger partial charge on any atom is 0.310 e. The van der Waals surface area contributed by atoms with Gasteiger partial charge in [-0.15, -0.1) is 0 Å². The van der Waals surface area contributed by atoms with Crippen molar-refractivity contribution in [1.82, 2.24) is 10.1 Å². The molecule has 1 heterocycles. The summed E-state index contributed by atoms with van der Waals surface area (Å²) in [6, 6.07) is 0. The van der Waals surface area contributed by atoms with Gasteiger partial charge < -0.3 is 9.63 Å². The lowest BCUT2D eigenvalue weighted by molar-refractivity contribution is -0.151. The molecule has 0 spiro atoms. The van der Waals surface area contributed by atoms with Crippen LogP contribution < -0.4 is 0 Å². The highest BCUT2D eigenvalue weighted by Crippen LogP contribution is 2.39. The third-order valence-corrected chi connectivity index (χ3v) is 3.75. The molecule has 1 aromatic heterocycles. The predicted octanol–water partition coefficient (Wildman–Crippen LogP) is 2.77. The SMILES string of the molecule is CC(C)c1noc(CC2(C(=O)O)CCCCC2)n1. The molecule has 1 aromatic rings. The van der Waals surface area contributed by atoms with Crippen LogP contribution in [-0.4, -0.2) is 21.2 Å². The van der Waals surface area contributed by atoms with E-state index in [2.05, 4.69) is 10.1 Å². The number of rotatable bonds is 4. The molecular formula is C13H20N2O3. The molecule has 18 heavy (non-hydrogen) atoms. The van der Waals surface area contributed by atoms with Crippen molar-refractivity contribution in [2.75, 3.05) is 0 Å². The van der Waals surface area contributed by atoms with Crippen molar-refractivity contribution in [3.8, 4) is 0 Å². The van der Waals surface area contributed by atoms with Gasteiger partial charge in [0.2, 0.25) is 5.89 Å². The lowest BCUT2D eigenvalue weighted by Crippen LogP contribution is -2.35. The minimum atomic E-state index is -0.730. The molecule has 0 saturated heterocycles. The van der Waals surface area contributed by atoms with Crippen molar-refractivity contribution in [3.63, 3.8) is 0 Å². The fraction of sp³-hybridized carbons (Fsp3) is 0.769. The largest absolute Gasteiger partial charge is 0.481 e. The van der Waals surface area contributed by atoms with Gasteiger partial charge in [-0.05, 0) is 12.8 Å². The Hall–Kier alpha value is -1.39. The normalized spacial score (nSPS) is 19.1. The molecule has 1 aliphatic carbocycles. The van der Waals surface area contributed by atoms with Crippen LogP contribution in [0.4, 0.5) is 0 Å². The molecule has 1 saturated carbocycles. The maximum absolute atomic E-state index is 11.5. The fourth-order valence-electron chi connectivity index (χ4n) is 2.56. The highest BCUT2D eigenvalue weighted by molar-refractivity contribution is 5.75. The Bertz CT molecular complexity index is 420. The highest BCUT2D eigenvalue weighted by Gasteiger charge is 2.41. The Balaban J connectivity index is 2.15. The van der Waals surface area contributed by atoms with E-state index < -0.39 is 11.4 Å². The van der Waals surface area contributed by atoms with Crippen LogP contribution in [0.1, 0.15) is 63.6 Å². The lowest BCUT2D eigenvalue weighted by atomic mass is 9.72. The van der Waals surface area contributed by atoms with Crippen LogP contribution in [0.15, 0.2) is 4.52 Å². The van der Waals surface area contributed by atoms with Crippen LogP contribution in [-0.2, 0) is 11.2 Å². The van der Waals surface area contributed by atoms with Crippen molar-refractivity contribution >= 4 is 5.97 Å². The van der Waals surface area contributed by atoms with Crippen molar-refractivity contribution < 1.29 is 14.4 Å². The van der Waals surface area contributed by atoms with E-state index in [9.17, 15) is 9.90 Å². The van der Waals surface area contributed by atoms with Crippen molar-refractivity contribution in [1.29, 1.82) is 0 Å². The summed E-state index contributed by atoms with van der Waals surface area (Å²) >= 11 is 0. The van der Waals surface area contributed by atoms with E-state index in [1.807, 2.05) is 13.8 Å². The lowest BCUT2D eigenvalue weighted by Gasteiger charge is -2.31. The van der Waals surface area contributed by atoms with Gasteiger partial charge in [0.05, 0.1) is 5.41 Å². The second kappa shape index (κ2) is 5.08. The van der Waals surface area contributed by atoms with Crippen molar-refractivity contribution in [2.45, 2.75) is 58.3 Å². The second-order valence-corrected chi connectivity index (χ2v) is 5.52. The van der Waals surface area contributed by atoms with E-state index in [1.54, 1.807) is 0 Å². The molecule has 0 aromatic carbocycles. The molecule has 0 atom stereocenters. The van der Waals surface area contributed by atoms with Crippen LogP contribution in [0.5, 0.6) is 0 Å². The summed E-state index contributed by atoms with van der Waals surface area (Å²) in [6.07, 6.45) is 4.84. The Morgan fingerprint density at radius 2 is 2.06 bits per heavy atom. The molecule has 0 bridgehead atoms. The van der Waals surface area contributed by atoms with E-state index in [4.69, 9.17) is 4.52 Å². The smallest absolute Gasteiger partial charge is 0.310 e. The number of aliphatic carboxylic acids is 1. The number of carbonyl (C=O) groups is 1. The van der Waals surface area contributed by atoms with Crippen LogP contribution >= 0.6 is 0 Å². The first-order valence-electron chi connectivity index (χ1n) is 6.59. The summed E-state index contributed by atoms with van der Waals surface area (Å²) in [5.41, 5.74) is -0.695. The Labute approximate surface area is 107 Å². The standard InChI is InChI=1S/C13H20N2O3/c1-9(2)11-14-10(18-15-11)8-13(12(16)17)6-4-3-5-7-13/h9H,3-8H2,1-2H3,(H,16,17). The molecule has 0 amide bonds. The monoisotopic (exact) mass is 252 g/mol. The molecule has 1 fully saturated rings. The van der Waals surface area contributed by atoms with Gasteiger partial charge in [-0.2, -0.15) is 4.98 Å². The van der Waals surface area contributed by atoms with Crippen LogP contribution in [0.25, 0.3) is 0 Å². The van der Waals surface area contributed by atoms with Gasteiger partial charge in [0, 0.05) is 12.3 Å². The summed E-state index contributed by atoms with van der Waals surface area (Å²) in [5.74, 6) is 0.588. The molecule has 0 unspecified atom stereocenters. The number of nitrogens with zero attached hydrogens (tertiary/aromatic N) is 2. The third kappa shape index (κ3) is 2.54. The molecule has 0 aliphatic heterocycles. The summed E-state index contributed by atoms with van der Waals surface area (Å²) in [7, 11) is 0. The average molecular weight is 252 g/mol. The number of carboxylic acid groups (broad SMARTS) is 1. The van der Waals surface area contributed by atoms with Crippen LogP contribution in [0.2, 0.25) is 0 Å². The van der Waals surface area contributed by atoms with E-state index in [1.165, 1.54) is 0 Å². The average Bonchev–Trinajstić information content (AvgIpc) is 2.78. The first-order valence-corrected chi connectivity index (χ1v) is 6.59. The van der Waals surface area contributed by atoms with E-state index in [0.717, 1.165) is 19.3 Å². The Kier molecular flexibility index (Phi) is 3.68. The van der Waals surface area contributed by atoms with Crippen LogP contribution in [0.3, 0.4) is 0 Å². The molecule has 0 radical (unpaired) electrons. The molecule has 1 N–H and O–H groups in total. The number of hydrogen-bond acceptors (Lipinski definition) is 4. The van der Waals surface area contributed by atoms with Gasteiger partial charge in [0.25, 0.3) is 0 Å². The van der Waals surface area contributed by atoms with Gasteiger partial charge in [-0.3, -0.25) is 4.79 Å². The topological polar surface area (TPSA) is 76.2 Å². The summed E-state index contributed by atoms with van der Waals surface area (Å²) < 4.78 is 5.18. The molecule has 100 valence electrons. The van der Waals surface area contributed by atoms with E-state index >= 15 is 0 Å². The first-order chi connectivity index (χ1) is 8.53. The zero-order chi connectivity index (χ0) is 13.2. The number of carboxylic acids is 1. The molecular weight excluding hydrogens is 232 g/mol. The van der Waals surface area contributed by atoms with Gasteiger partial charge in [-0.25, -0.2) is 0 Å². The minimum Gasteiger partial charge on any atom is -0.481 e. The number of hydrogen-bond donors (Lipinski definition) is 1. The fourth-order valence-corrected chi connectivity index (χ4v) is 2.56. The maximum atomic E-state index is 11.5. The summed E-state index contributed by atoms with van der Waals surface area (Å²) in [5, 5.41) is 13.4. The zero-order valence-electron chi connectivity index (χ0n) is 11.0. The summed E-state index contributed by atoms with van der Waals surface area (Å²) in [4.78, 5) is 15.8.